The van der Waals surface area contributed by atoms with E-state index in [-0.39, 0.29) is 17.3 Å². The third-order valence-electron chi connectivity index (χ3n) is 1.46. The smallest absolute Gasteiger partial charge is 0.340 e. The first kappa shape index (κ1) is 10.9. The van der Waals surface area contributed by atoms with Gasteiger partial charge in [-0.3, -0.25) is 0 Å². The van der Waals surface area contributed by atoms with Crippen LogP contribution in [-0.4, -0.2) is 27.7 Å². The van der Waals surface area contributed by atoms with Crippen molar-refractivity contribution in [2.45, 2.75) is 13.5 Å². The predicted molar refractivity (Wildman–Crippen MR) is 49.3 cm³/mol. The lowest BCUT2D eigenvalue weighted by molar-refractivity contribution is 0.0695. The molecule has 1 aromatic heterocycles. The molecule has 0 saturated heterocycles. The summed E-state index contributed by atoms with van der Waals surface area (Å²) >= 11 is 5.62. The zero-order chi connectivity index (χ0) is 10.6. The number of hydrogen-bond acceptors (Lipinski definition) is 4. The molecule has 0 aliphatic carbocycles. The van der Waals surface area contributed by atoms with Crippen molar-refractivity contribution in [1.82, 2.24) is 9.97 Å². The third-order valence-corrected chi connectivity index (χ3v) is 1.75. The summed E-state index contributed by atoms with van der Waals surface area (Å²) in [5.74, 6) is -0.764. The molecule has 6 heteroatoms. The third kappa shape index (κ3) is 2.65. The molecular weight excluding hydrogens is 208 g/mol. The number of nitrogens with zero attached hydrogens (tertiary/aromatic N) is 2. The van der Waals surface area contributed by atoms with Crippen LogP contribution in [0.2, 0.25) is 5.15 Å². The summed E-state index contributed by atoms with van der Waals surface area (Å²) in [5.41, 5.74) is -0.105. The predicted octanol–water partition coefficient (Wildman–Crippen LogP) is 1.36. The van der Waals surface area contributed by atoms with Gasteiger partial charge in [-0.1, -0.05) is 11.6 Å². The Hall–Kier alpha value is -1.20. The van der Waals surface area contributed by atoms with Crippen molar-refractivity contribution in [1.29, 1.82) is 0 Å². The van der Waals surface area contributed by atoms with Crippen LogP contribution in [0.5, 0.6) is 0 Å². The number of carboxylic acids is 1. The fourth-order valence-corrected chi connectivity index (χ4v) is 1.03. The molecule has 0 unspecified atom stereocenters. The molecule has 5 nitrogen and oxygen atoms in total. The minimum atomic E-state index is -1.14. The number of carboxylic acid groups (broad SMARTS) is 1. The Morgan fingerprint density at radius 2 is 2.43 bits per heavy atom. The van der Waals surface area contributed by atoms with Crippen molar-refractivity contribution in [3.05, 3.63) is 22.7 Å². The number of rotatable bonds is 4. The topological polar surface area (TPSA) is 72.3 Å². The summed E-state index contributed by atoms with van der Waals surface area (Å²) in [7, 11) is 0. The SMILES string of the molecule is CCOCc1ncc(C(=O)O)c(Cl)n1. The van der Waals surface area contributed by atoms with E-state index in [2.05, 4.69) is 9.97 Å². The Morgan fingerprint density at radius 3 is 2.93 bits per heavy atom. The first-order valence-electron chi connectivity index (χ1n) is 3.97. The average molecular weight is 217 g/mol. The molecule has 1 rings (SSSR count). The Labute approximate surface area is 85.7 Å². The van der Waals surface area contributed by atoms with Gasteiger partial charge in [0.15, 0.2) is 5.82 Å². The number of hydrogen-bond donors (Lipinski definition) is 1. The maximum Gasteiger partial charge on any atom is 0.340 e. The van der Waals surface area contributed by atoms with Gasteiger partial charge < -0.3 is 9.84 Å². The van der Waals surface area contributed by atoms with Crippen molar-refractivity contribution < 1.29 is 14.6 Å². The molecule has 0 bridgehead atoms. The minimum absolute atomic E-state index is 0.0674. The summed E-state index contributed by atoms with van der Waals surface area (Å²) < 4.78 is 5.04. The molecule has 0 saturated carbocycles. The number of halogens is 1. The van der Waals surface area contributed by atoms with E-state index in [9.17, 15) is 4.79 Å². The molecule has 0 radical (unpaired) electrons. The zero-order valence-corrected chi connectivity index (χ0v) is 8.28. The van der Waals surface area contributed by atoms with Gasteiger partial charge in [-0.2, -0.15) is 0 Å². The van der Waals surface area contributed by atoms with Gasteiger partial charge in [-0.25, -0.2) is 14.8 Å². The Bertz CT molecular complexity index is 343. The van der Waals surface area contributed by atoms with Gasteiger partial charge >= 0.3 is 5.97 Å². The molecule has 0 spiro atoms. The molecule has 0 atom stereocenters. The van der Waals surface area contributed by atoms with Crippen LogP contribution in [-0.2, 0) is 11.3 Å². The van der Waals surface area contributed by atoms with Crippen LogP contribution in [0.3, 0.4) is 0 Å². The summed E-state index contributed by atoms with van der Waals surface area (Å²) in [4.78, 5) is 18.1. The van der Waals surface area contributed by atoms with Gasteiger partial charge in [0.05, 0.1) is 0 Å². The number of ether oxygens (including phenoxy) is 1. The Balaban J connectivity index is 2.83. The van der Waals surface area contributed by atoms with Crippen molar-refractivity contribution in [3.63, 3.8) is 0 Å². The lowest BCUT2D eigenvalue weighted by atomic mass is 10.3. The average Bonchev–Trinajstić information content (AvgIpc) is 2.14. The second kappa shape index (κ2) is 4.88. The van der Waals surface area contributed by atoms with Crippen LogP contribution >= 0.6 is 11.6 Å². The normalized spacial score (nSPS) is 10.1. The van der Waals surface area contributed by atoms with Crippen molar-refractivity contribution in [2.24, 2.45) is 0 Å². The van der Waals surface area contributed by atoms with E-state index < -0.39 is 5.97 Å². The number of aromatic nitrogens is 2. The van der Waals surface area contributed by atoms with Crippen LogP contribution in [0.15, 0.2) is 6.20 Å². The van der Waals surface area contributed by atoms with E-state index in [1.165, 1.54) is 6.20 Å². The molecule has 0 aromatic carbocycles. The van der Waals surface area contributed by atoms with Gasteiger partial charge in [0.1, 0.15) is 17.3 Å². The van der Waals surface area contributed by atoms with Crippen LogP contribution in [0.1, 0.15) is 23.1 Å². The van der Waals surface area contributed by atoms with E-state index in [1.54, 1.807) is 0 Å². The van der Waals surface area contributed by atoms with Crippen LogP contribution in [0, 0.1) is 0 Å². The van der Waals surface area contributed by atoms with E-state index in [4.69, 9.17) is 21.4 Å². The molecule has 1 N–H and O–H groups in total. The van der Waals surface area contributed by atoms with E-state index >= 15 is 0 Å². The van der Waals surface area contributed by atoms with Gasteiger partial charge in [-0.05, 0) is 6.92 Å². The van der Waals surface area contributed by atoms with Gasteiger partial charge in [0, 0.05) is 12.8 Å². The molecule has 1 heterocycles. The number of aromatic carboxylic acids is 1. The first-order valence-corrected chi connectivity index (χ1v) is 4.35. The zero-order valence-electron chi connectivity index (χ0n) is 7.53. The second-order valence-corrected chi connectivity index (χ2v) is 2.79. The highest BCUT2D eigenvalue weighted by Crippen LogP contribution is 2.11. The standard InChI is InChI=1S/C8H9ClN2O3/c1-2-14-4-6-10-3-5(8(12)13)7(9)11-6/h3H,2,4H2,1H3,(H,12,13). The fourth-order valence-electron chi connectivity index (χ4n) is 0.801. The molecular formula is C8H9ClN2O3. The van der Waals surface area contributed by atoms with Crippen LogP contribution in [0.4, 0.5) is 0 Å². The fraction of sp³-hybridized carbons (Fsp3) is 0.375. The highest BCUT2D eigenvalue weighted by atomic mass is 35.5. The molecule has 0 aliphatic rings. The molecule has 14 heavy (non-hydrogen) atoms. The van der Waals surface area contributed by atoms with Crippen LogP contribution in [0.25, 0.3) is 0 Å². The van der Waals surface area contributed by atoms with E-state index in [1.807, 2.05) is 6.92 Å². The summed E-state index contributed by atoms with van der Waals surface area (Å²) in [6, 6.07) is 0. The molecule has 0 fully saturated rings. The lowest BCUT2D eigenvalue weighted by Gasteiger charge is -2.01. The largest absolute Gasteiger partial charge is 0.478 e. The Morgan fingerprint density at radius 1 is 1.71 bits per heavy atom. The van der Waals surface area contributed by atoms with E-state index in [0.29, 0.717) is 12.4 Å². The summed E-state index contributed by atoms with van der Waals surface area (Å²) in [6.07, 6.45) is 1.17. The first-order chi connectivity index (χ1) is 6.65. The number of carbonyl (C=O) groups is 1. The van der Waals surface area contributed by atoms with Gasteiger partial charge in [0.2, 0.25) is 0 Å². The molecule has 1 aromatic rings. The maximum atomic E-state index is 10.6. The van der Waals surface area contributed by atoms with Crippen molar-refractivity contribution in [3.8, 4) is 0 Å². The van der Waals surface area contributed by atoms with Crippen molar-refractivity contribution >= 4 is 17.6 Å². The molecule has 76 valence electrons. The minimum Gasteiger partial charge on any atom is -0.478 e. The van der Waals surface area contributed by atoms with Crippen LogP contribution < -0.4 is 0 Å². The van der Waals surface area contributed by atoms with Gasteiger partial charge in [0.25, 0.3) is 0 Å². The van der Waals surface area contributed by atoms with E-state index in [0.717, 1.165) is 0 Å². The monoisotopic (exact) mass is 216 g/mol. The quantitative estimate of drug-likeness (QED) is 0.770. The lowest BCUT2D eigenvalue weighted by Crippen LogP contribution is -2.05. The van der Waals surface area contributed by atoms with Gasteiger partial charge in [-0.15, -0.1) is 0 Å². The second-order valence-electron chi connectivity index (χ2n) is 2.43. The molecule has 0 amide bonds. The summed E-state index contributed by atoms with van der Waals surface area (Å²) in [5, 5.41) is 8.57. The summed E-state index contributed by atoms with van der Waals surface area (Å²) in [6.45, 7) is 2.62. The highest BCUT2D eigenvalue weighted by molar-refractivity contribution is 6.32. The maximum absolute atomic E-state index is 10.6. The highest BCUT2D eigenvalue weighted by Gasteiger charge is 2.11. The Kier molecular flexibility index (Phi) is 3.79. The molecule has 0 aliphatic heterocycles. The van der Waals surface area contributed by atoms with Crippen molar-refractivity contribution in [2.75, 3.05) is 6.61 Å².